The van der Waals surface area contributed by atoms with Crippen molar-refractivity contribution in [2.24, 2.45) is 5.92 Å². The molecule has 0 aromatic carbocycles. The normalized spacial score (nSPS) is 12.9. The second-order valence-electron chi connectivity index (χ2n) is 4.97. The first kappa shape index (κ1) is 16.4. The highest BCUT2D eigenvalue weighted by atomic mass is 32.2. The number of aromatic nitrogens is 2. The third-order valence-electron chi connectivity index (χ3n) is 2.71. The van der Waals surface area contributed by atoms with Crippen LogP contribution in [0.1, 0.15) is 32.4 Å². The topological polar surface area (TPSA) is 55.1 Å². The van der Waals surface area contributed by atoms with Gasteiger partial charge >= 0.3 is 5.97 Å². The fourth-order valence-corrected chi connectivity index (χ4v) is 3.30. The Labute approximate surface area is 123 Å². The molecule has 19 heavy (non-hydrogen) atoms. The van der Waals surface area contributed by atoms with Crippen LogP contribution >= 0.6 is 23.5 Å². The highest BCUT2D eigenvalue weighted by molar-refractivity contribution is 7.99. The summed E-state index contributed by atoms with van der Waals surface area (Å²) >= 11 is 3.13. The molecule has 1 unspecified atom stereocenters. The Morgan fingerprint density at radius 1 is 1.47 bits per heavy atom. The minimum atomic E-state index is -0.803. The van der Waals surface area contributed by atoms with E-state index in [1.54, 1.807) is 0 Å². The molecule has 1 N–H and O–H groups in total. The molecule has 1 aromatic rings. The first-order valence-corrected chi connectivity index (χ1v) is 8.72. The van der Waals surface area contributed by atoms with Crippen molar-refractivity contribution in [2.75, 3.05) is 17.8 Å². The van der Waals surface area contributed by atoms with Crippen LogP contribution in [0.15, 0.2) is 11.4 Å². The lowest BCUT2D eigenvalue weighted by Crippen LogP contribution is -2.14. The first-order valence-electron chi connectivity index (χ1n) is 6.34. The second-order valence-corrected chi connectivity index (χ2v) is 6.83. The van der Waals surface area contributed by atoms with Gasteiger partial charge in [-0.3, -0.25) is 4.79 Å². The van der Waals surface area contributed by atoms with E-state index in [0.29, 0.717) is 11.8 Å². The lowest BCUT2D eigenvalue weighted by molar-refractivity contribution is -0.133. The first-order chi connectivity index (χ1) is 8.95. The van der Waals surface area contributed by atoms with Crippen molar-refractivity contribution in [1.29, 1.82) is 0 Å². The van der Waals surface area contributed by atoms with E-state index >= 15 is 0 Å². The largest absolute Gasteiger partial charge is 0.481 e. The van der Waals surface area contributed by atoms with E-state index in [-0.39, 0.29) is 5.75 Å². The summed E-state index contributed by atoms with van der Waals surface area (Å²) in [5, 5.41) is 9.61. The number of nitrogens with zero attached hydrogens (tertiary/aromatic N) is 2. The van der Waals surface area contributed by atoms with Gasteiger partial charge in [-0.1, -0.05) is 32.5 Å². The standard InChI is InChI=1S/C13H22N2O2S2/c1-9(2)11-5-14-13(19-8-12(16)17)15(11)6-10(3)7-18-4/h5,9-10H,6-8H2,1-4H3,(H,16,17). The number of hydrogen-bond acceptors (Lipinski definition) is 4. The molecule has 0 aliphatic heterocycles. The van der Waals surface area contributed by atoms with E-state index in [9.17, 15) is 4.79 Å². The van der Waals surface area contributed by atoms with Crippen LogP contribution in [0, 0.1) is 5.92 Å². The number of hydrogen-bond donors (Lipinski definition) is 1. The highest BCUT2D eigenvalue weighted by Crippen LogP contribution is 2.25. The number of carbonyl (C=O) groups is 1. The molecule has 1 aromatic heterocycles. The summed E-state index contributed by atoms with van der Waals surface area (Å²) in [7, 11) is 0. The minimum Gasteiger partial charge on any atom is -0.481 e. The van der Waals surface area contributed by atoms with Crippen molar-refractivity contribution < 1.29 is 9.90 Å². The molecular formula is C13H22N2O2S2. The molecule has 6 heteroatoms. The number of rotatable bonds is 8. The van der Waals surface area contributed by atoms with E-state index in [0.717, 1.165) is 17.5 Å². The van der Waals surface area contributed by atoms with Crippen LogP contribution in [0.25, 0.3) is 0 Å². The van der Waals surface area contributed by atoms with Gasteiger partial charge in [0.1, 0.15) is 0 Å². The van der Waals surface area contributed by atoms with Crippen LogP contribution in [0.2, 0.25) is 0 Å². The third-order valence-corrected chi connectivity index (χ3v) is 4.59. The van der Waals surface area contributed by atoms with Crippen molar-refractivity contribution in [2.45, 2.75) is 38.4 Å². The minimum absolute atomic E-state index is 0.0610. The third kappa shape index (κ3) is 5.10. The number of aliphatic carboxylic acids is 1. The fourth-order valence-electron chi connectivity index (χ4n) is 1.91. The van der Waals surface area contributed by atoms with Crippen LogP contribution in [0.3, 0.4) is 0 Å². The Balaban J connectivity index is 2.88. The zero-order valence-electron chi connectivity index (χ0n) is 11.9. The van der Waals surface area contributed by atoms with E-state index < -0.39 is 5.97 Å². The molecule has 108 valence electrons. The Kier molecular flexibility index (Phi) is 6.79. The van der Waals surface area contributed by atoms with Crippen LogP contribution in [-0.4, -0.2) is 38.4 Å². The maximum absolute atomic E-state index is 10.7. The maximum atomic E-state index is 10.7. The second kappa shape index (κ2) is 7.85. The maximum Gasteiger partial charge on any atom is 0.313 e. The van der Waals surface area contributed by atoms with Crippen molar-refractivity contribution in [1.82, 2.24) is 9.55 Å². The molecule has 1 heterocycles. The van der Waals surface area contributed by atoms with Crippen LogP contribution < -0.4 is 0 Å². The molecule has 0 fully saturated rings. The zero-order valence-corrected chi connectivity index (χ0v) is 13.6. The molecule has 0 aliphatic carbocycles. The number of imidazole rings is 1. The number of thioether (sulfide) groups is 2. The molecule has 1 rings (SSSR count). The van der Waals surface area contributed by atoms with Crippen LogP contribution in [0.5, 0.6) is 0 Å². The van der Waals surface area contributed by atoms with Crippen LogP contribution in [-0.2, 0) is 11.3 Å². The van der Waals surface area contributed by atoms with E-state index in [2.05, 4.69) is 36.6 Å². The summed E-state index contributed by atoms with van der Waals surface area (Å²) in [6.45, 7) is 7.39. The van der Waals surface area contributed by atoms with Gasteiger partial charge in [0.15, 0.2) is 5.16 Å². The quantitative estimate of drug-likeness (QED) is 0.747. The average molecular weight is 302 g/mol. The van der Waals surface area contributed by atoms with E-state index in [1.807, 2.05) is 18.0 Å². The van der Waals surface area contributed by atoms with Gasteiger partial charge in [-0.05, 0) is 23.8 Å². The van der Waals surface area contributed by atoms with Gasteiger partial charge in [-0.25, -0.2) is 4.98 Å². The molecule has 0 spiro atoms. The summed E-state index contributed by atoms with van der Waals surface area (Å²) in [4.78, 5) is 15.1. The SMILES string of the molecule is CSCC(C)Cn1c(C(C)C)cnc1SCC(=O)O. The highest BCUT2D eigenvalue weighted by Gasteiger charge is 2.16. The smallest absolute Gasteiger partial charge is 0.313 e. The molecule has 0 amide bonds. The predicted molar refractivity (Wildman–Crippen MR) is 82.2 cm³/mol. The summed E-state index contributed by atoms with van der Waals surface area (Å²) in [5.41, 5.74) is 1.18. The van der Waals surface area contributed by atoms with Gasteiger partial charge in [0, 0.05) is 18.4 Å². The lowest BCUT2D eigenvalue weighted by Gasteiger charge is -2.17. The van der Waals surface area contributed by atoms with Crippen molar-refractivity contribution in [3.63, 3.8) is 0 Å². The molecular weight excluding hydrogens is 280 g/mol. The predicted octanol–water partition coefficient (Wildman–Crippen LogP) is 3.18. The van der Waals surface area contributed by atoms with E-state index in [1.165, 1.54) is 17.5 Å². The number of carboxylic acid groups (broad SMARTS) is 1. The molecule has 0 saturated heterocycles. The molecule has 1 atom stereocenters. The van der Waals surface area contributed by atoms with Crippen molar-refractivity contribution >= 4 is 29.5 Å². The Morgan fingerprint density at radius 3 is 2.68 bits per heavy atom. The Hall–Kier alpha value is -0.620. The van der Waals surface area contributed by atoms with E-state index in [4.69, 9.17) is 5.11 Å². The van der Waals surface area contributed by atoms with Crippen molar-refractivity contribution in [3.8, 4) is 0 Å². The van der Waals surface area contributed by atoms with Gasteiger partial charge in [-0.2, -0.15) is 11.8 Å². The zero-order chi connectivity index (χ0) is 14.4. The van der Waals surface area contributed by atoms with Gasteiger partial charge < -0.3 is 9.67 Å². The molecule has 4 nitrogen and oxygen atoms in total. The Morgan fingerprint density at radius 2 is 2.16 bits per heavy atom. The molecule has 0 aliphatic rings. The fraction of sp³-hybridized carbons (Fsp3) is 0.692. The van der Waals surface area contributed by atoms with Gasteiger partial charge in [0.2, 0.25) is 0 Å². The molecule has 0 bridgehead atoms. The molecule has 0 radical (unpaired) electrons. The monoisotopic (exact) mass is 302 g/mol. The van der Waals surface area contributed by atoms with Gasteiger partial charge in [0.05, 0.1) is 5.75 Å². The lowest BCUT2D eigenvalue weighted by atomic mass is 10.1. The van der Waals surface area contributed by atoms with Gasteiger partial charge in [0.25, 0.3) is 0 Å². The summed E-state index contributed by atoms with van der Waals surface area (Å²) in [6.07, 6.45) is 3.98. The summed E-state index contributed by atoms with van der Waals surface area (Å²) < 4.78 is 2.18. The van der Waals surface area contributed by atoms with Crippen LogP contribution in [0.4, 0.5) is 0 Å². The summed E-state index contributed by atoms with van der Waals surface area (Å²) in [6, 6.07) is 0. The Bertz CT molecular complexity index is 419. The summed E-state index contributed by atoms with van der Waals surface area (Å²) in [5.74, 6) is 1.30. The number of carboxylic acids is 1. The molecule has 0 saturated carbocycles. The van der Waals surface area contributed by atoms with Gasteiger partial charge in [-0.15, -0.1) is 0 Å². The average Bonchev–Trinajstić information content (AvgIpc) is 2.69. The van der Waals surface area contributed by atoms with Crippen molar-refractivity contribution in [3.05, 3.63) is 11.9 Å².